The quantitative estimate of drug-likeness (QED) is 0.425. The molecule has 204 valence electrons. The van der Waals surface area contributed by atoms with Crippen LogP contribution in [0.3, 0.4) is 0 Å². The Balaban J connectivity index is 2.08. The van der Waals surface area contributed by atoms with Gasteiger partial charge in [-0.2, -0.15) is 0 Å². The Morgan fingerprint density at radius 3 is 2.38 bits per heavy atom. The molecule has 8 heteroatoms. The van der Waals surface area contributed by atoms with Gasteiger partial charge in [-0.05, 0) is 71.9 Å². The van der Waals surface area contributed by atoms with Crippen molar-refractivity contribution >= 4 is 11.7 Å². The Bertz CT molecular complexity index is 1050. The Labute approximate surface area is 221 Å². The standard InChI is InChI=1S/C29H43N3O5/c1-9-35-18-19(2)36-21-10-11-23(31-16-21)22-17-30-20(3)24(26(27(33)34)37-28(4,5)6)25(22)32-14-12-29(7,8)13-15-32/h10-11,16-17,19,26H,9,12-15,18H2,1-8H3,(H,33,34)/t19?,26-/m0/s1. The lowest BCUT2D eigenvalue weighted by Crippen LogP contribution is -2.39. The van der Waals surface area contributed by atoms with E-state index in [2.05, 4.69) is 23.7 Å². The topological polar surface area (TPSA) is 94.0 Å². The summed E-state index contributed by atoms with van der Waals surface area (Å²) in [6, 6.07) is 3.78. The minimum Gasteiger partial charge on any atom is -0.487 e. The second-order valence-corrected chi connectivity index (χ2v) is 11.6. The van der Waals surface area contributed by atoms with Gasteiger partial charge in [-0.25, -0.2) is 4.79 Å². The number of piperidine rings is 1. The van der Waals surface area contributed by atoms with Crippen LogP contribution < -0.4 is 9.64 Å². The van der Waals surface area contributed by atoms with E-state index in [1.54, 1.807) is 12.4 Å². The Morgan fingerprint density at radius 1 is 1.16 bits per heavy atom. The van der Waals surface area contributed by atoms with Crippen LogP contribution in [0.4, 0.5) is 5.69 Å². The summed E-state index contributed by atoms with van der Waals surface area (Å²) in [4.78, 5) is 24.1. The molecule has 0 spiro atoms. The zero-order chi connectivity index (χ0) is 27.4. The molecule has 37 heavy (non-hydrogen) atoms. The second kappa shape index (κ2) is 11.8. The summed E-state index contributed by atoms with van der Waals surface area (Å²) in [7, 11) is 0. The number of hydrogen-bond acceptors (Lipinski definition) is 7. The van der Waals surface area contributed by atoms with E-state index in [-0.39, 0.29) is 11.5 Å². The first-order valence-electron chi connectivity index (χ1n) is 13.2. The fourth-order valence-electron chi connectivity index (χ4n) is 4.53. The molecular formula is C29H43N3O5. The van der Waals surface area contributed by atoms with Crippen LogP contribution in [-0.4, -0.2) is 59.1 Å². The van der Waals surface area contributed by atoms with Crippen LogP contribution in [0.15, 0.2) is 24.5 Å². The van der Waals surface area contributed by atoms with Crippen LogP contribution in [0.2, 0.25) is 0 Å². The molecule has 2 aromatic rings. The van der Waals surface area contributed by atoms with Crippen molar-refractivity contribution in [2.45, 2.75) is 86.0 Å². The predicted octanol–water partition coefficient (Wildman–Crippen LogP) is 5.82. The average Bonchev–Trinajstić information content (AvgIpc) is 2.81. The Kier molecular flexibility index (Phi) is 9.18. The summed E-state index contributed by atoms with van der Waals surface area (Å²) in [5.74, 6) is -0.382. The van der Waals surface area contributed by atoms with Gasteiger partial charge in [0.15, 0.2) is 6.10 Å². The van der Waals surface area contributed by atoms with Gasteiger partial charge in [0.25, 0.3) is 0 Å². The molecule has 0 bridgehead atoms. The van der Waals surface area contributed by atoms with E-state index in [0.717, 1.165) is 37.2 Å². The summed E-state index contributed by atoms with van der Waals surface area (Å²) < 4.78 is 17.5. The molecule has 1 unspecified atom stereocenters. The summed E-state index contributed by atoms with van der Waals surface area (Å²) in [6.07, 6.45) is 4.25. The molecule has 3 rings (SSSR count). The van der Waals surface area contributed by atoms with Crippen molar-refractivity contribution in [1.82, 2.24) is 9.97 Å². The largest absolute Gasteiger partial charge is 0.487 e. The molecule has 1 aliphatic heterocycles. The molecule has 2 aromatic heterocycles. The molecule has 1 aliphatic rings. The first-order chi connectivity index (χ1) is 17.3. The van der Waals surface area contributed by atoms with Crippen molar-refractivity contribution in [2.24, 2.45) is 5.41 Å². The lowest BCUT2D eigenvalue weighted by atomic mass is 9.82. The number of ether oxygens (including phenoxy) is 3. The third-order valence-electron chi connectivity index (χ3n) is 6.58. The van der Waals surface area contributed by atoms with Gasteiger partial charge in [0.05, 0.1) is 29.8 Å². The van der Waals surface area contributed by atoms with Crippen LogP contribution in [-0.2, 0) is 14.3 Å². The van der Waals surface area contributed by atoms with Crippen molar-refractivity contribution in [3.8, 4) is 17.0 Å². The average molecular weight is 514 g/mol. The van der Waals surface area contributed by atoms with Gasteiger partial charge in [0.2, 0.25) is 0 Å². The molecule has 3 heterocycles. The van der Waals surface area contributed by atoms with E-state index in [1.807, 2.05) is 53.7 Å². The highest BCUT2D eigenvalue weighted by atomic mass is 16.5. The van der Waals surface area contributed by atoms with Gasteiger partial charge in [0, 0.05) is 42.7 Å². The third kappa shape index (κ3) is 7.65. The fraction of sp³-hybridized carbons (Fsp3) is 0.621. The number of carboxylic acid groups (broad SMARTS) is 1. The number of aromatic nitrogens is 2. The molecule has 8 nitrogen and oxygen atoms in total. The van der Waals surface area contributed by atoms with Gasteiger partial charge in [-0.1, -0.05) is 13.8 Å². The number of pyridine rings is 2. The zero-order valence-electron chi connectivity index (χ0n) is 23.6. The molecule has 0 aromatic carbocycles. The minimum atomic E-state index is -1.15. The van der Waals surface area contributed by atoms with Crippen molar-refractivity contribution < 1.29 is 24.1 Å². The number of hydrogen-bond donors (Lipinski definition) is 1. The van der Waals surface area contributed by atoms with E-state index in [1.165, 1.54) is 0 Å². The number of nitrogens with zero attached hydrogens (tertiary/aromatic N) is 3. The SMILES string of the molecule is CCOCC(C)Oc1ccc(-c2cnc(C)c([C@H](OC(C)(C)C)C(=O)O)c2N2CCC(C)(C)CC2)nc1. The number of rotatable bonds is 10. The smallest absolute Gasteiger partial charge is 0.337 e. The van der Waals surface area contributed by atoms with Gasteiger partial charge >= 0.3 is 5.97 Å². The van der Waals surface area contributed by atoms with Gasteiger partial charge in [0.1, 0.15) is 11.9 Å². The van der Waals surface area contributed by atoms with Crippen molar-refractivity contribution in [2.75, 3.05) is 31.2 Å². The highest BCUT2D eigenvalue weighted by molar-refractivity contribution is 5.85. The maximum Gasteiger partial charge on any atom is 0.337 e. The van der Waals surface area contributed by atoms with Crippen LogP contribution in [0.5, 0.6) is 5.75 Å². The molecule has 0 aliphatic carbocycles. The third-order valence-corrected chi connectivity index (χ3v) is 6.58. The molecule has 2 atom stereocenters. The maximum absolute atomic E-state index is 12.5. The number of aliphatic carboxylic acids is 1. The Hall–Kier alpha value is -2.71. The lowest BCUT2D eigenvalue weighted by molar-refractivity contribution is -0.160. The first kappa shape index (κ1) is 28.9. The zero-order valence-corrected chi connectivity index (χ0v) is 23.6. The molecule has 1 N–H and O–H groups in total. The second-order valence-electron chi connectivity index (χ2n) is 11.6. The van der Waals surface area contributed by atoms with Gasteiger partial charge < -0.3 is 24.2 Å². The number of aryl methyl sites for hydroxylation is 1. The van der Waals surface area contributed by atoms with E-state index in [0.29, 0.717) is 35.9 Å². The van der Waals surface area contributed by atoms with E-state index in [4.69, 9.17) is 19.2 Å². The number of carbonyl (C=O) groups is 1. The summed E-state index contributed by atoms with van der Waals surface area (Å²) in [6.45, 7) is 18.7. The molecule has 0 radical (unpaired) electrons. The molecule has 1 fully saturated rings. The normalized spacial score (nSPS) is 17.4. The maximum atomic E-state index is 12.5. The van der Waals surface area contributed by atoms with Crippen LogP contribution >= 0.6 is 0 Å². The highest BCUT2D eigenvalue weighted by Crippen LogP contribution is 2.43. The minimum absolute atomic E-state index is 0.0987. The van der Waals surface area contributed by atoms with Gasteiger partial charge in [-0.3, -0.25) is 9.97 Å². The monoisotopic (exact) mass is 513 g/mol. The predicted molar refractivity (Wildman–Crippen MR) is 145 cm³/mol. The van der Waals surface area contributed by atoms with Crippen LogP contribution in [0, 0.1) is 12.3 Å². The van der Waals surface area contributed by atoms with Gasteiger partial charge in [-0.15, -0.1) is 0 Å². The molecule has 1 saturated heterocycles. The molecule has 0 saturated carbocycles. The lowest BCUT2D eigenvalue weighted by Gasteiger charge is -2.40. The van der Waals surface area contributed by atoms with Crippen LogP contribution in [0.1, 0.15) is 78.7 Å². The summed E-state index contributed by atoms with van der Waals surface area (Å²) >= 11 is 0. The highest BCUT2D eigenvalue weighted by Gasteiger charge is 2.36. The van der Waals surface area contributed by atoms with Crippen molar-refractivity contribution in [1.29, 1.82) is 0 Å². The first-order valence-corrected chi connectivity index (χ1v) is 13.2. The van der Waals surface area contributed by atoms with Crippen molar-refractivity contribution in [3.63, 3.8) is 0 Å². The van der Waals surface area contributed by atoms with E-state index < -0.39 is 17.7 Å². The van der Waals surface area contributed by atoms with Crippen molar-refractivity contribution in [3.05, 3.63) is 35.8 Å². The number of anilines is 1. The number of carboxylic acids is 1. The fourth-order valence-corrected chi connectivity index (χ4v) is 4.53. The molecular weight excluding hydrogens is 470 g/mol. The van der Waals surface area contributed by atoms with E-state index >= 15 is 0 Å². The van der Waals surface area contributed by atoms with E-state index in [9.17, 15) is 9.90 Å². The molecule has 0 amide bonds. The summed E-state index contributed by atoms with van der Waals surface area (Å²) in [5.41, 5.74) is 3.16. The summed E-state index contributed by atoms with van der Waals surface area (Å²) in [5, 5.41) is 10.2. The van der Waals surface area contributed by atoms with Crippen LogP contribution in [0.25, 0.3) is 11.3 Å². The Morgan fingerprint density at radius 2 is 1.84 bits per heavy atom.